The van der Waals surface area contributed by atoms with Gasteiger partial charge in [-0.15, -0.1) is 0 Å². The number of hydrogen-bond acceptors (Lipinski definition) is 2. The summed E-state index contributed by atoms with van der Waals surface area (Å²) < 4.78 is 1.96. The molecule has 4 nitrogen and oxygen atoms in total. The highest BCUT2D eigenvalue weighted by Crippen LogP contribution is 2.23. The normalized spacial score (nSPS) is 17.8. The minimum Gasteiger partial charge on any atom is -0.336 e. The van der Waals surface area contributed by atoms with E-state index < -0.39 is 0 Å². The van der Waals surface area contributed by atoms with Gasteiger partial charge in [0.2, 0.25) is 0 Å². The molecule has 0 aliphatic carbocycles. The average Bonchev–Trinajstić information content (AvgIpc) is 3.11. The lowest BCUT2D eigenvalue weighted by atomic mass is 9.99. The lowest BCUT2D eigenvalue weighted by molar-refractivity contribution is 0.0607. The molecule has 1 aliphatic heterocycles. The van der Waals surface area contributed by atoms with E-state index in [9.17, 15) is 4.79 Å². The van der Waals surface area contributed by atoms with E-state index >= 15 is 0 Å². The van der Waals surface area contributed by atoms with Crippen LogP contribution in [0.4, 0.5) is 0 Å². The van der Waals surface area contributed by atoms with Gasteiger partial charge in [0.1, 0.15) is 5.65 Å². The van der Waals surface area contributed by atoms with Gasteiger partial charge < -0.3 is 9.30 Å². The molecule has 2 aromatic heterocycles. The van der Waals surface area contributed by atoms with Crippen LogP contribution in [-0.4, -0.2) is 32.8 Å². The number of rotatable bonds is 3. The SMILES string of the molecule is CC[C@@H]1CCCCN1C(=O)c1ccc2nc(-c3ccccc3)cn2c1. The highest BCUT2D eigenvalue weighted by atomic mass is 16.2. The third-order valence-electron chi connectivity index (χ3n) is 5.13. The molecular formula is C21H23N3O. The smallest absolute Gasteiger partial charge is 0.255 e. The molecule has 128 valence electrons. The quantitative estimate of drug-likeness (QED) is 0.712. The number of piperidine rings is 1. The van der Waals surface area contributed by atoms with Crippen molar-refractivity contribution in [3.63, 3.8) is 0 Å². The van der Waals surface area contributed by atoms with Gasteiger partial charge >= 0.3 is 0 Å². The lowest BCUT2D eigenvalue weighted by Gasteiger charge is -2.35. The Morgan fingerprint density at radius 3 is 2.76 bits per heavy atom. The predicted molar refractivity (Wildman–Crippen MR) is 99.6 cm³/mol. The molecule has 0 N–H and O–H groups in total. The Morgan fingerprint density at radius 2 is 1.96 bits per heavy atom. The molecule has 1 fully saturated rings. The number of amides is 1. The zero-order valence-electron chi connectivity index (χ0n) is 14.6. The van der Waals surface area contributed by atoms with E-state index in [2.05, 4.69) is 16.8 Å². The molecule has 4 rings (SSSR count). The maximum atomic E-state index is 13.0. The van der Waals surface area contributed by atoms with E-state index in [4.69, 9.17) is 0 Å². The minimum absolute atomic E-state index is 0.142. The number of carbonyl (C=O) groups excluding carboxylic acids is 1. The van der Waals surface area contributed by atoms with Crippen molar-refractivity contribution in [2.75, 3.05) is 6.54 Å². The van der Waals surface area contributed by atoms with Crippen LogP contribution in [0.1, 0.15) is 43.0 Å². The van der Waals surface area contributed by atoms with Crippen LogP contribution >= 0.6 is 0 Å². The van der Waals surface area contributed by atoms with Crippen LogP contribution in [0.15, 0.2) is 54.9 Å². The van der Waals surface area contributed by atoms with Crippen LogP contribution < -0.4 is 0 Å². The Hall–Kier alpha value is -2.62. The molecule has 4 heteroatoms. The van der Waals surface area contributed by atoms with Crippen molar-refractivity contribution >= 4 is 11.6 Å². The van der Waals surface area contributed by atoms with Crippen molar-refractivity contribution in [3.05, 3.63) is 60.4 Å². The monoisotopic (exact) mass is 333 g/mol. The summed E-state index contributed by atoms with van der Waals surface area (Å²) in [6, 6.07) is 14.3. The second kappa shape index (κ2) is 6.71. The van der Waals surface area contributed by atoms with Gasteiger partial charge in [0.15, 0.2) is 0 Å². The molecule has 1 aromatic carbocycles. The van der Waals surface area contributed by atoms with Crippen LogP contribution in [0.3, 0.4) is 0 Å². The largest absolute Gasteiger partial charge is 0.336 e. The average molecular weight is 333 g/mol. The molecule has 1 atom stereocenters. The van der Waals surface area contributed by atoms with Gasteiger partial charge in [-0.25, -0.2) is 4.98 Å². The fourth-order valence-corrected chi connectivity index (χ4v) is 3.72. The summed E-state index contributed by atoms with van der Waals surface area (Å²) in [6.07, 6.45) is 8.38. The van der Waals surface area contributed by atoms with Crippen molar-refractivity contribution in [1.29, 1.82) is 0 Å². The molecule has 1 aliphatic rings. The Balaban J connectivity index is 1.65. The van der Waals surface area contributed by atoms with E-state index in [1.54, 1.807) is 0 Å². The van der Waals surface area contributed by atoms with Gasteiger partial charge in [0, 0.05) is 30.5 Å². The molecule has 3 heterocycles. The first-order chi connectivity index (χ1) is 12.3. The fraction of sp³-hybridized carbons (Fsp3) is 0.333. The third-order valence-corrected chi connectivity index (χ3v) is 5.13. The van der Waals surface area contributed by atoms with E-state index in [1.807, 2.05) is 59.3 Å². The second-order valence-electron chi connectivity index (χ2n) is 6.73. The second-order valence-corrected chi connectivity index (χ2v) is 6.73. The molecule has 1 amide bonds. The molecule has 0 saturated carbocycles. The van der Waals surface area contributed by atoms with Gasteiger partial charge in [-0.2, -0.15) is 0 Å². The first-order valence-electron chi connectivity index (χ1n) is 9.11. The van der Waals surface area contributed by atoms with E-state index in [0.29, 0.717) is 6.04 Å². The van der Waals surface area contributed by atoms with Crippen LogP contribution in [0, 0.1) is 0 Å². The van der Waals surface area contributed by atoms with Gasteiger partial charge in [0.05, 0.1) is 11.3 Å². The summed E-state index contributed by atoms with van der Waals surface area (Å²) in [5, 5.41) is 0. The van der Waals surface area contributed by atoms with Gasteiger partial charge in [-0.3, -0.25) is 4.79 Å². The van der Waals surface area contributed by atoms with Crippen molar-refractivity contribution in [2.24, 2.45) is 0 Å². The summed E-state index contributed by atoms with van der Waals surface area (Å²) >= 11 is 0. The summed E-state index contributed by atoms with van der Waals surface area (Å²) in [5.41, 5.74) is 3.61. The Morgan fingerprint density at radius 1 is 1.12 bits per heavy atom. The first kappa shape index (κ1) is 15.9. The number of hydrogen-bond donors (Lipinski definition) is 0. The third kappa shape index (κ3) is 3.04. The number of benzene rings is 1. The van der Waals surface area contributed by atoms with E-state index in [-0.39, 0.29) is 5.91 Å². The molecular weight excluding hydrogens is 310 g/mol. The topological polar surface area (TPSA) is 37.6 Å². The van der Waals surface area contributed by atoms with E-state index in [1.165, 1.54) is 6.42 Å². The lowest BCUT2D eigenvalue weighted by Crippen LogP contribution is -2.43. The maximum absolute atomic E-state index is 13.0. The van der Waals surface area contributed by atoms with E-state index in [0.717, 1.165) is 48.3 Å². The number of fused-ring (bicyclic) bond motifs is 1. The van der Waals surface area contributed by atoms with Gasteiger partial charge in [-0.1, -0.05) is 37.3 Å². The zero-order valence-corrected chi connectivity index (χ0v) is 14.6. The van der Waals surface area contributed by atoms with Crippen molar-refractivity contribution in [1.82, 2.24) is 14.3 Å². The standard InChI is InChI=1S/C21H23N3O/c1-2-18-10-6-7-13-24(18)21(25)17-11-12-20-22-19(15-23(20)14-17)16-8-4-3-5-9-16/h3-5,8-9,11-12,14-15,18H,2,6-7,10,13H2,1H3/t18-/m1/s1. The summed E-state index contributed by atoms with van der Waals surface area (Å²) in [6.45, 7) is 3.04. The number of likely N-dealkylation sites (tertiary alicyclic amines) is 1. The van der Waals surface area contributed by atoms with Gasteiger partial charge in [-0.05, 0) is 37.8 Å². The highest BCUT2D eigenvalue weighted by molar-refractivity contribution is 5.94. The number of aromatic nitrogens is 2. The van der Waals surface area contributed by atoms with Gasteiger partial charge in [0.25, 0.3) is 5.91 Å². The molecule has 3 aromatic rings. The summed E-state index contributed by atoms with van der Waals surface area (Å²) in [5.74, 6) is 0.142. The molecule has 0 unspecified atom stereocenters. The molecule has 0 radical (unpaired) electrons. The van der Waals surface area contributed by atoms with Crippen molar-refractivity contribution in [2.45, 2.75) is 38.6 Å². The number of pyridine rings is 1. The Kier molecular flexibility index (Phi) is 4.26. The zero-order chi connectivity index (χ0) is 17.2. The van der Waals surface area contributed by atoms with Crippen LogP contribution in [0.2, 0.25) is 0 Å². The van der Waals surface area contributed by atoms with Crippen LogP contribution in [0.25, 0.3) is 16.9 Å². The Bertz CT molecular complexity index is 885. The number of imidazole rings is 1. The van der Waals surface area contributed by atoms with Crippen molar-refractivity contribution in [3.8, 4) is 11.3 Å². The number of carbonyl (C=O) groups is 1. The van der Waals surface area contributed by atoms with Crippen LogP contribution in [0.5, 0.6) is 0 Å². The Labute approximate surface area is 148 Å². The molecule has 0 bridgehead atoms. The van der Waals surface area contributed by atoms with Crippen LogP contribution in [-0.2, 0) is 0 Å². The molecule has 1 saturated heterocycles. The minimum atomic E-state index is 0.142. The maximum Gasteiger partial charge on any atom is 0.255 e. The highest BCUT2D eigenvalue weighted by Gasteiger charge is 2.26. The number of nitrogens with zero attached hydrogens (tertiary/aromatic N) is 3. The predicted octanol–water partition coefficient (Wildman–Crippen LogP) is 4.41. The first-order valence-corrected chi connectivity index (χ1v) is 9.11. The summed E-state index contributed by atoms with van der Waals surface area (Å²) in [7, 11) is 0. The molecule has 0 spiro atoms. The summed E-state index contributed by atoms with van der Waals surface area (Å²) in [4.78, 5) is 19.7. The fourth-order valence-electron chi connectivity index (χ4n) is 3.72. The molecule has 25 heavy (non-hydrogen) atoms. The van der Waals surface area contributed by atoms with Crippen molar-refractivity contribution < 1.29 is 4.79 Å².